The molecule has 8 nitrogen and oxygen atoms in total. The van der Waals surface area contributed by atoms with Crippen molar-refractivity contribution in [2.24, 2.45) is 0 Å². The first kappa shape index (κ1) is 19.3. The van der Waals surface area contributed by atoms with E-state index in [4.69, 9.17) is 18.9 Å². The molecule has 0 bridgehead atoms. The van der Waals surface area contributed by atoms with Crippen molar-refractivity contribution < 1.29 is 38.7 Å². The SMILES string of the molecule is CCC(=O)OC1C(=O)c2c(OC)cc(O)cc2O[C@@H]1c1ccc(OC)c(O)c1. The molecule has 1 unspecified atom stereocenters. The van der Waals surface area contributed by atoms with Crippen molar-refractivity contribution >= 4 is 11.8 Å². The lowest BCUT2D eigenvalue weighted by molar-refractivity contribution is -0.151. The second kappa shape index (κ2) is 7.67. The second-order valence-corrected chi connectivity index (χ2v) is 6.12. The molecule has 0 radical (unpaired) electrons. The molecule has 0 fully saturated rings. The lowest BCUT2D eigenvalue weighted by Crippen LogP contribution is -2.40. The van der Waals surface area contributed by atoms with Crippen LogP contribution in [0.2, 0.25) is 0 Å². The van der Waals surface area contributed by atoms with Crippen LogP contribution in [-0.2, 0) is 9.53 Å². The molecule has 148 valence electrons. The van der Waals surface area contributed by atoms with Gasteiger partial charge in [-0.05, 0) is 12.1 Å². The van der Waals surface area contributed by atoms with Gasteiger partial charge in [-0.25, -0.2) is 0 Å². The molecule has 2 aromatic carbocycles. The summed E-state index contributed by atoms with van der Waals surface area (Å²) in [6, 6.07) is 7.03. The lowest BCUT2D eigenvalue weighted by Gasteiger charge is -2.33. The molecule has 0 saturated carbocycles. The van der Waals surface area contributed by atoms with Crippen molar-refractivity contribution in [3.8, 4) is 28.7 Å². The first-order valence-electron chi connectivity index (χ1n) is 8.57. The maximum Gasteiger partial charge on any atom is 0.306 e. The minimum Gasteiger partial charge on any atom is -0.508 e. The summed E-state index contributed by atoms with van der Waals surface area (Å²) < 4.78 is 21.5. The van der Waals surface area contributed by atoms with E-state index in [2.05, 4.69) is 0 Å². The van der Waals surface area contributed by atoms with Gasteiger partial charge in [0.05, 0.1) is 14.2 Å². The van der Waals surface area contributed by atoms with Gasteiger partial charge in [-0.1, -0.05) is 13.0 Å². The summed E-state index contributed by atoms with van der Waals surface area (Å²) >= 11 is 0. The zero-order chi connectivity index (χ0) is 20.4. The Labute approximate surface area is 161 Å². The summed E-state index contributed by atoms with van der Waals surface area (Å²) in [5, 5.41) is 20.0. The van der Waals surface area contributed by atoms with Crippen molar-refractivity contribution in [1.29, 1.82) is 0 Å². The summed E-state index contributed by atoms with van der Waals surface area (Å²) in [6.45, 7) is 1.61. The molecule has 0 aromatic heterocycles. The fourth-order valence-corrected chi connectivity index (χ4v) is 3.02. The molecule has 2 atom stereocenters. The van der Waals surface area contributed by atoms with Crippen molar-refractivity contribution in [1.82, 2.24) is 0 Å². The first-order chi connectivity index (χ1) is 13.4. The van der Waals surface area contributed by atoms with Crippen molar-refractivity contribution in [3.63, 3.8) is 0 Å². The molecule has 2 N–H and O–H groups in total. The number of Topliss-reactive ketones (excluding diaryl/α,β-unsaturated/α-hetero) is 1. The van der Waals surface area contributed by atoms with Crippen LogP contribution in [0, 0.1) is 0 Å². The van der Waals surface area contributed by atoms with E-state index in [1.165, 1.54) is 38.5 Å². The third-order valence-electron chi connectivity index (χ3n) is 4.38. The Bertz CT molecular complexity index is 921. The lowest BCUT2D eigenvalue weighted by atomic mass is 9.92. The molecule has 0 saturated heterocycles. The Hall–Kier alpha value is -3.42. The molecule has 1 heterocycles. The van der Waals surface area contributed by atoms with Gasteiger partial charge in [-0.3, -0.25) is 9.59 Å². The van der Waals surface area contributed by atoms with Crippen molar-refractivity contribution in [2.75, 3.05) is 14.2 Å². The largest absolute Gasteiger partial charge is 0.508 e. The Morgan fingerprint density at radius 2 is 1.82 bits per heavy atom. The summed E-state index contributed by atoms with van der Waals surface area (Å²) in [4.78, 5) is 25.1. The number of phenolic OH excluding ortho intramolecular Hbond substituents is 2. The summed E-state index contributed by atoms with van der Waals surface area (Å²) in [5.74, 6) is -0.974. The van der Waals surface area contributed by atoms with Crippen LogP contribution in [0.3, 0.4) is 0 Å². The van der Waals surface area contributed by atoms with E-state index in [0.717, 1.165) is 0 Å². The van der Waals surface area contributed by atoms with E-state index in [-0.39, 0.29) is 40.7 Å². The zero-order valence-electron chi connectivity index (χ0n) is 15.6. The number of phenols is 2. The van der Waals surface area contributed by atoms with Crippen LogP contribution in [-0.4, -0.2) is 42.3 Å². The van der Waals surface area contributed by atoms with Gasteiger partial charge in [0, 0.05) is 24.1 Å². The fraction of sp³-hybridized carbons (Fsp3) is 0.300. The molecule has 28 heavy (non-hydrogen) atoms. The maximum absolute atomic E-state index is 13.1. The number of methoxy groups -OCH3 is 2. The number of hydrogen-bond donors (Lipinski definition) is 2. The third-order valence-corrected chi connectivity index (χ3v) is 4.38. The minimum atomic E-state index is -1.29. The van der Waals surface area contributed by atoms with Gasteiger partial charge in [-0.2, -0.15) is 0 Å². The van der Waals surface area contributed by atoms with Gasteiger partial charge in [0.15, 0.2) is 17.6 Å². The molecule has 2 aromatic rings. The highest BCUT2D eigenvalue weighted by molar-refractivity contribution is 6.06. The van der Waals surface area contributed by atoms with Gasteiger partial charge >= 0.3 is 5.97 Å². The predicted octanol–water partition coefficient (Wildman–Crippen LogP) is 2.75. The Kier molecular flexibility index (Phi) is 5.30. The predicted molar refractivity (Wildman–Crippen MR) is 97.2 cm³/mol. The van der Waals surface area contributed by atoms with Crippen molar-refractivity contribution in [3.05, 3.63) is 41.5 Å². The van der Waals surface area contributed by atoms with Crippen LogP contribution in [0.15, 0.2) is 30.3 Å². The van der Waals surface area contributed by atoms with E-state index in [9.17, 15) is 19.8 Å². The highest BCUT2D eigenvalue weighted by Crippen LogP contribution is 2.44. The van der Waals surface area contributed by atoms with Gasteiger partial charge in [0.1, 0.15) is 22.8 Å². The van der Waals surface area contributed by atoms with Crippen LogP contribution in [0.4, 0.5) is 0 Å². The Morgan fingerprint density at radius 1 is 1.11 bits per heavy atom. The van der Waals surface area contributed by atoms with Crippen LogP contribution in [0.5, 0.6) is 28.7 Å². The van der Waals surface area contributed by atoms with E-state index < -0.39 is 24.0 Å². The number of carbonyl (C=O) groups is 2. The van der Waals surface area contributed by atoms with E-state index in [1.807, 2.05) is 0 Å². The Balaban J connectivity index is 2.12. The summed E-state index contributed by atoms with van der Waals surface area (Å²) in [5.41, 5.74) is 0.469. The normalized spacial score (nSPS) is 18.0. The molecule has 0 aliphatic carbocycles. The maximum atomic E-state index is 13.1. The Morgan fingerprint density at radius 3 is 2.43 bits per heavy atom. The number of ketones is 1. The number of esters is 1. The summed E-state index contributed by atoms with van der Waals surface area (Å²) in [7, 11) is 2.76. The quantitative estimate of drug-likeness (QED) is 0.752. The molecule has 1 aliphatic rings. The molecule has 1 aliphatic heterocycles. The number of hydrogen-bond acceptors (Lipinski definition) is 8. The van der Waals surface area contributed by atoms with Crippen LogP contribution < -0.4 is 14.2 Å². The minimum absolute atomic E-state index is 0.0724. The highest BCUT2D eigenvalue weighted by atomic mass is 16.6. The molecule has 0 amide bonds. The van der Waals surface area contributed by atoms with E-state index in [1.54, 1.807) is 13.0 Å². The average molecular weight is 388 g/mol. The number of benzene rings is 2. The van der Waals surface area contributed by atoms with Crippen LogP contribution in [0.1, 0.15) is 35.4 Å². The molecule has 8 heteroatoms. The third kappa shape index (κ3) is 3.40. The summed E-state index contributed by atoms with van der Waals surface area (Å²) in [6.07, 6.45) is -2.24. The average Bonchev–Trinajstić information content (AvgIpc) is 2.68. The molecular formula is C20H20O8. The molecular weight excluding hydrogens is 368 g/mol. The molecule has 3 rings (SSSR count). The number of rotatable bonds is 5. The fourth-order valence-electron chi connectivity index (χ4n) is 3.02. The zero-order valence-corrected chi connectivity index (χ0v) is 15.6. The van der Waals surface area contributed by atoms with Crippen LogP contribution >= 0.6 is 0 Å². The second-order valence-electron chi connectivity index (χ2n) is 6.12. The molecule has 0 spiro atoms. The topological polar surface area (TPSA) is 112 Å². The number of aromatic hydroxyl groups is 2. The number of carbonyl (C=O) groups excluding carboxylic acids is 2. The van der Waals surface area contributed by atoms with Gasteiger partial charge < -0.3 is 29.2 Å². The number of ether oxygens (including phenoxy) is 4. The highest BCUT2D eigenvalue weighted by Gasteiger charge is 2.43. The smallest absolute Gasteiger partial charge is 0.306 e. The number of fused-ring (bicyclic) bond motifs is 1. The van der Waals surface area contributed by atoms with Gasteiger partial charge in [-0.15, -0.1) is 0 Å². The monoisotopic (exact) mass is 388 g/mol. The van der Waals surface area contributed by atoms with Crippen molar-refractivity contribution in [2.45, 2.75) is 25.6 Å². The standard InChI is InChI=1S/C20H20O8/c1-4-16(23)28-20-18(24)17-14(26-3)8-11(21)9-15(17)27-19(20)10-5-6-13(25-2)12(22)7-10/h5-9,19-22H,4H2,1-3H3/t19-,20?/m1/s1. The first-order valence-corrected chi connectivity index (χ1v) is 8.57. The van der Waals surface area contributed by atoms with E-state index in [0.29, 0.717) is 5.56 Å². The van der Waals surface area contributed by atoms with Crippen LogP contribution in [0.25, 0.3) is 0 Å². The van der Waals surface area contributed by atoms with Gasteiger partial charge in [0.2, 0.25) is 11.9 Å². The van der Waals surface area contributed by atoms with Gasteiger partial charge in [0.25, 0.3) is 0 Å². The van der Waals surface area contributed by atoms with E-state index >= 15 is 0 Å².